The Labute approximate surface area is 202 Å². The van der Waals surface area contributed by atoms with Gasteiger partial charge in [-0.1, -0.05) is 41.9 Å². The zero-order valence-electron chi connectivity index (χ0n) is 17.5. The summed E-state index contributed by atoms with van der Waals surface area (Å²) in [4.78, 5) is 12.7. The van der Waals surface area contributed by atoms with Crippen LogP contribution in [0.15, 0.2) is 93.6 Å². The van der Waals surface area contributed by atoms with Crippen LogP contribution in [0.5, 0.6) is 0 Å². The van der Waals surface area contributed by atoms with E-state index in [1.807, 2.05) is 0 Å². The third kappa shape index (κ3) is 6.66. The highest BCUT2D eigenvalue weighted by atomic mass is 35.5. The van der Waals surface area contributed by atoms with Gasteiger partial charge in [-0.2, -0.15) is 18.3 Å². The number of nitrogens with two attached hydrogens (primary N) is 1. The van der Waals surface area contributed by atoms with Crippen molar-refractivity contribution in [1.82, 2.24) is 0 Å². The van der Waals surface area contributed by atoms with E-state index >= 15 is 0 Å². The molecular weight excluding hydrogens is 509 g/mol. The highest BCUT2D eigenvalue weighted by Gasteiger charge is 2.33. The van der Waals surface area contributed by atoms with Crippen molar-refractivity contribution in [2.24, 2.45) is 15.4 Å². The summed E-state index contributed by atoms with van der Waals surface area (Å²) >= 11 is 5.60. The molecule has 0 aromatic heterocycles. The summed E-state index contributed by atoms with van der Waals surface area (Å²) in [6.07, 6.45) is -4.74. The molecule has 0 aliphatic rings. The Hall–Kier alpha value is -3.74. The quantitative estimate of drug-likeness (QED) is 0.218. The minimum atomic E-state index is -4.74. The number of hydrogen-bond donors (Lipinski definition) is 3. The fourth-order valence-corrected chi connectivity index (χ4v) is 3.49. The molecule has 0 bridgehead atoms. The molecule has 0 aliphatic heterocycles. The van der Waals surface area contributed by atoms with Crippen LogP contribution in [0.4, 0.5) is 24.5 Å². The SMILES string of the molecule is NS(=O)(=O)c1ccc(NC(=O)/C(N=Nc2ccc(Cl)c(C(F)(F)F)c2)=C(/O)c2ccccc2)cc1. The number of azo groups is 1. The van der Waals surface area contributed by atoms with Gasteiger partial charge in [-0.25, -0.2) is 13.6 Å². The highest BCUT2D eigenvalue weighted by molar-refractivity contribution is 7.89. The first-order valence-electron chi connectivity index (χ1n) is 9.57. The lowest BCUT2D eigenvalue weighted by atomic mass is 10.1. The van der Waals surface area contributed by atoms with Crippen molar-refractivity contribution in [3.8, 4) is 0 Å². The number of aliphatic hydroxyl groups is 1. The first-order chi connectivity index (χ1) is 16.4. The molecule has 3 aromatic rings. The van der Waals surface area contributed by atoms with Crippen molar-refractivity contribution in [3.05, 3.63) is 94.6 Å². The third-order valence-electron chi connectivity index (χ3n) is 4.45. The molecule has 0 unspecified atom stereocenters. The van der Waals surface area contributed by atoms with E-state index in [0.29, 0.717) is 6.07 Å². The van der Waals surface area contributed by atoms with E-state index < -0.39 is 44.1 Å². The maximum Gasteiger partial charge on any atom is 0.417 e. The molecule has 4 N–H and O–H groups in total. The number of benzene rings is 3. The highest BCUT2D eigenvalue weighted by Crippen LogP contribution is 2.37. The molecule has 3 rings (SSSR count). The van der Waals surface area contributed by atoms with Gasteiger partial charge >= 0.3 is 6.18 Å². The smallest absolute Gasteiger partial charge is 0.417 e. The Morgan fingerprint density at radius 3 is 2.20 bits per heavy atom. The summed E-state index contributed by atoms with van der Waals surface area (Å²) in [7, 11) is -3.96. The van der Waals surface area contributed by atoms with E-state index in [1.165, 1.54) is 24.3 Å². The monoisotopic (exact) mass is 524 g/mol. The molecule has 0 spiro atoms. The molecule has 0 aliphatic carbocycles. The fourth-order valence-electron chi connectivity index (χ4n) is 2.75. The number of nitrogens with zero attached hydrogens (tertiary/aromatic N) is 2. The van der Waals surface area contributed by atoms with Crippen molar-refractivity contribution < 1.29 is 31.5 Å². The minimum absolute atomic E-state index is 0.127. The second-order valence-corrected chi connectivity index (χ2v) is 8.92. The summed E-state index contributed by atoms with van der Waals surface area (Å²) < 4.78 is 62.2. The summed E-state index contributed by atoms with van der Waals surface area (Å²) in [5, 5.41) is 24.9. The van der Waals surface area contributed by atoms with Gasteiger partial charge in [0, 0.05) is 11.3 Å². The molecule has 13 heteroatoms. The van der Waals surface area contributed by atoms with Gasteiger partial charge in [0.25, 0.3) is 5.91 Å². The second-order valence-electron chi connectivity index (χ2n) is 6.95. The van der Waals surface area contributed by atoms with Crippen LogP contribution in [-0.2, 0) is 21.0 Å². The lowest BCUT2D eigenvalue weighted by Crippen LogP contribution is -2.15. The van der Waals surface area contributed by atoms with E-state index in [2.05, 4.69) is 15.5 Å². The van der Waals surface area contributed by atoms with Crippen molar-refractivity contribution >= 4 is 44.7 Å². The van der Waals surface area contributed by atoms with Gasteiger partial charge in [0.1, 0.15) is 0 Å². The number of halogens is 4. The molecular formula is C22H16ClF3N4O4S. The molecule has 3 aromatic carbocycles. The van der Waals surface area contributed by atoms with Crippen molar-refractivity contribution in [2.45, 2.75) is 11.1 Å². The Morgan fingerprint density at radius 1 is 1.00 bits per heavy atom. The maximum absolute atomic E-state index is 13.1. The van der Waals surface area contributed by atoms with Gasteiger partial charge in [-0.15, -0.1) is 5.11 Å². The molecule has 0 saturated carbocycles. The van der Waals surface area contributed by atoms with Crippen molar-refractivity contribution in [2.75, 3.05) is 5.32 Å². The zero-order chi connectivity index (χ0) is 25.8. The van der Waals surface area contributed by atoms with E-state index in [-0.39, 0.29) is 21.8 Å². The zero-order valence-corrected chi connectivity index (χ0v) is 19.1. The van der Waals surface area contributed by atoms with E-state index in [9.17, 15) is 31.5 Å². The molecule has 0 heterocycles. The summed E-state index contributed by atoms with van der Waals surface area (Å²) in [6.45, 7) is 0. The van der Waals surface area contributed by atoms with Crippen LogP contribution in [0.1, 0.15) is 11.1 Å². The number of sulfonamides is 1. The number of primary sulfonamides is 1. The van der Waals surface area contributed by atoms with Crippen LogP contribution < -0.4 is 10.5 Å². The number of alkyl halides is 3. The van der Waals surface area contributed by atoms with Crippen molar-refractivity contribution in [3.63, 3.8) is 0 Å². The van der Waals surface area contributed by atoms with Crippen molar-refractivity contribution in [1.29, 1.82) is 0 Å². The van der Waals surface area contributed by atoms with Gasteiger partial charge in [0.2, 0.25) is 10.0 Å². The van der Waals surface area contributed by atoms with E-state index in [1.54, 1.807) is 18.2 Å². The Bertz CT molecular complexity index is 1410. The maximum atomic E-state index is 13.1. The van der Waals surface area contributed by atoms with Crippen LogP contribution in [0, 0.1) is 0 Å². The number of nitrogens with one attached hydrogen (secondary N) is 1. The predicted octanol–water partition coefficient (Wildman–Crippen LogP) is 5.66. The average molecular weight is 525 g/mol. The Morgan fingerprint density at radius 2 is 1.63 bits per heavy atom. The molecule has 8 nitrogen and oxygen atoms in total. The summed E-state index contributed by atoms with van der Waals surface area (Å²) in [6, 6.07) is 15.4. The average Bonchev–Trinajstić information content (AvgIpc) is 2.79. The van der Waals surface area contributed by atoms with E-state index in [0.717, 1.165) is 24.3 Å². The summed E-state index contributed by atoms with van der Waals surface area (Å²) in [5.41, 5.74) is -1.72. The van der Waals surface area contributed by atoms with Gasteiger partial charge in [-0.3, -0.25) is 4.79 Å². The van der Waals surface area contributed by atoms with Gasteiger partial charge in [0.15, 0.2) is 11.5 Å². The molecule has 0 atom stereocenters. The number of carbonyl (C=O) groups excluding carboxylic acids is 1. The minimum Gasteiger partial charge on any atom is -0.505 e. The molecule has 1 amide bonds. The Balaban J connectivity index is 1.99. The number of aliphatic hydroxyl groups excluding tert-OH is 1. The van der Waals surface area contributed by atoms with Crippen LogP contribution in [0.25, 0.3) is 5.76 Å². The lowest BCUT2D eigenvalue weighted by Gasteiger charge is -2.10. The normalized spacial score (nSPS) is 12.9. The van der Waals surface area contributed by atoms with Gasteiger partial charge < -0.3 is 10.4 Å². The lowest BCUT2D eigenvalue weighted by molar-refractivity contribution is -0.137. The number of carbonyl (C=O) groups is 1. The van der Waals surface area contributed by atoms with Gasteiger partial charge in [0.05, 0.1) is 21.2 Å². The molecule has 35 heavy (non-hydrogen) atoms. The van der Waals surface area contributed by atoms with Gasteiger partial charge in [-0.05, 0) is 42.5 Å². The fraction of sp³-hybridized carbons (Fsp3) is 0.0455. The molecule has 0 fully saturated rings. The van der Waals surface area contributed by atoms with Crippen LogP contribution in [0.2, 0.25) is 5.02 Å². The molecule has 182 valence electrons. The second kappa shape index (κ2) is 10.3. The van der Waals surface area contributed by atoms with Crippen LogP contribution >= 0.6 is 11.6 Å². The first kappa shape index (κ1) is 25.9. The predicted molar refractivity (Wildman–Crippen MR) is 123 cm³/mol. The number of amides is 1. The topological polar surface area (TPSA) is 134 Å². The summed E-state index contributed by atoms with van der Waals surface area (Å²) in [5.74, 6) is -1.57. The number of hydrogen-bond acceptors (Lipinski definition) is 6. The largest absolute Gasteiger partial charge is 0.505 e. The Kier molecular flexibility index (Phi) is 7.58. The van der Waals surface area contributed by atoms with Crippen LogP contribution in [-0.4, -0.2) is 19.4 Å². The van der Waals surface area contributed by atoms with Crippen LogP contribution in [0.3, 0.4) is 0 Å². The molecule has 0 radical (unpaired) electrons. The molecule has 0 saturated heterocycles. The standard InChI is InChI=1S/C22H16ClF3N4O4S/c23-18-11-8-15(12-17(18)22(24,25)26)29-30-19(20(31)13-4-2-1-3-5-13)21(32)28-14-6-9-16(10-7-14)35(27,33)34/h1-12,31H,(H,28,32)(H2,27,33,34)/b20-19-,30-29?. The number of rotatable bonds is 6. The first-order valence-corrected chi connectivity index (χ1v) is 11.5. The number of anilines is 1. The van der Waals surface area contributed by atoms with E-state index in [4.69, 9.17) is 16.7 Å². The third-order valence-corrected chi connectivity index (χ3v) is 5.71.